The lowest BCUT2D eigenvalue weighted by Crippen LogP contribution is -2.47. The number of aromatic nitrogens is 2. The van der Waals surface area contributed by atoms with Crippen molar-refractivity contribution in [1.29, 1.82) is 5.26 Å². The predicted octanol–water partition coefficient (Wildman–Crippen LogP) is 4.01. The van der Waals surface area contributed by atoms with E-state index in [4.69, 9.17) is 0 Å². The largest absolute Gasteiger partial charge is 0.330 e. The lowest BCUT2D eigenvalue weighted by Gasteiger charge is -2.42. The molecule has 33 heavy (non-hydrogen) atoms. The minimum absolute atomic E-state index is 0.145. The summed E-state index contributed by atoms with van der Waals surface area (Å²) in [5.41, 5.74) is 2.19. The van der Waals surface area contributed by atoms with Gasteiger partial charge in [0.2, 0.25) is 5.91 Å². The number of nitrogens with one attached hydrogen (secondary N) is 1. The molecule has 1 aromatic heterocycles. The van der Waals surface area contributed by atoms with Crippen LogP contribution in [-0.4, -0.2) is 33.0 Å². The fourth-order valence-corrected chi connectivity index (χ4v) is 4.34. The molecule has 0 radical (unpaired) electrons. The number of rotatable bonds is 5. The van der Waals surface area contributed by atoms with Gasteiger partial charge in [-0.2, -0.15) is 10.4 Å². The van der Waals surface area contributed by atoms with Gasteiger partial charge < -0.3 is 10.2 Å². The van der Waals surface area contributed by atoms with Crippen LogP contribution in [0.4, 0.5) is 10.1 Å². The number of amides is 2. The Morgan fingerprint density at radius 1 is 1.27 bits per heavy atom. The molecule has 2 aromatic carbocycles. The third kappa shape index (κ3) is 4.35. The molecule has 4 rings (SSSR count). The monoisotopic (exact) mass is 445 g/mol. The van der Waals surface area contributed by atoms with Crippen LogP contribution in [0, 0.1) is 23.1 Å². The highest BCUT2D eigenvalue weighted by atomic mass is 19.1. The number of hydrogen-bond acceptors (Lipinski definition) is 4. The number of aryl methyl sites for hydroxylation is 1. The van der Waals surface area contributed by atoms with Gasteiger partial charge in [0.05, 0.1) is 29.8 Å². The van der Waals surface area contributed by atoms with Crippen LogP contribution in [0.2, 0.25) is 0 Å². The van der Waals surface area contributed by atoms with Crippen molar-refractivity contribution in [2.75, 3.05) is 11.9 Å². The van der Waals surface area contributed by atoms with E-state index in [1.54, 1.807) is 53.3 Å². The molecule has 168 valence electrons. The van der Waals surface area contributed by atoms with Crippen LogP contribution in [0.3, 0.4) is 0 Å². The first-order valence-corrected chi connectivity index (χ1v) is 10.7. The van der Waals surface area contributed by atoms with E-state index in [1.165, 1.54) is 18.2 Å². The Labute approximate surface area is 191 Å². The molecule has 0 saturated heterocycles. The van der Waals surface area contributed by atoms with E-state index in [2.05, 4.69) is 16.5 Å². The fourth-order valence-electron chi connectivity index (χ4n) is 4.34. The summed E-state index contributed by atoms with van der Waals surface area (Å²) in [6, 6.07) is 11.9. The zero-order valence-electron chi connectivity index (χ0n) is 18.6. The van der Waals surface area contributed by atoms with Crippen molar-refractivity contribution in [1.82, 2.24) is 14.7 Å². The lowest BCUT2D eigenvalue weighted by molar-refractivity contribution is -0.119. The molecule has 2 amide bonds. The zero-order chi connectivity index (χ0) is 23.7. The zero-order valence-corrected chi connectivity index (χ0v) is 18.6. The van der Waals surface area contributed by atoms with Crippen molar-refractivity contribution in [2.45, 2.75) is 25.8 Å². The van der Waals surface area contributed by atoms with Crippen molar-refractivity contribution < 1.29 is 14.0 Å². The van der Waals surface area contributed by atoms with Crippen molar-refractivity contribution in [3.63, 3.8) is 0 Å². The molecule has 7 nitrogen and oxygen atoms in total. The highest BCUT2D eigenvalue weighted by Gasteiger charge is 2.45. The van der Waals surface area contributed by atoms with Crippen LogP contribution >= 0.6 is 0 Å². The van der Waals surface area contributed by atoms with Crippen LogP contribution < -0.4 is 5.32 Å². The van der Waals surface area contributed by atoms with Crippen molar-refractivity contribution in [2.24, 2.45) is 13.0 Å². The van der Waals surface area contributed by atoms with Crippen LogP contribution in [0.5, 0.6) is 0 Å². The molecule has 2 heterocycles. The quantitative estimate of drug-likeness (QED) is 0.643. The first-order chi connectivity index (χ1) is 15.8. The molecule has 2 atom stereocenters. The first kappa shape index (κ1) is 22.2. The molecule has 3 aromatic rings. The van der Waals surface area contributed by atoms with Crippen molar-refractivity contribution in [3.05, 3.63) is 82.9 Å². The average Bonchev–Trinajstić information content (AvgIpc) is 3.20. The second kappa shape index (κ2) is 8.87. The SMILES string of the molecule is CC(C)CN1C(=O)c2ccc(F)cc2C(C(=O)Nc2cccc(C#N)c2)C1c1cnn(C)c1. The summed E-state index contributed by atoms with van der Waals surface area (Å²) in [5.74, 6) is -1.89. The number of carbonyl (C=O) groups excluding carboxylic acids is 2. The molecule has 0 aliphatic carbocycles. The maximum atomic E-state index is 14.3. The number of carbonyl (C=O) groups is 2. The first-order valence-electron chi connectivity index (χ1n) is 10.7. The summed E-state index contributed by atoms with van der Waals surface area (Å²) < 4.78 is 15.9. The smallest absolute Gasteiger partial charge is 0.254 e. The predicted molar refractivity (Wildman–Crippen MR) is 121 cm³/mol. The van der Waals surface area contributed by atoms with Gasteiger partial charge in [-0.15, -0.1) is 0 Å². The molecule has 0 saturated carbocycles. The topological polar surface area (TPSA) is 91.0 Å². The minimum Gasteiger partial charge on any atom is -0.330 e. The number of benzene rings is 2. The van der Waals surface area contributed by atoms with E-state index in [0.717, 1.165) is 0 Å². The lowest BCUT2D eigenvalue weighted by atomic mass is 9.79. The Kier molecular flexibility index (Phi) is 5.97. The van der Waals surface area contributed by atoms with E-state index in [0.29, 0.717) is 34.5 Å². The van der Waals surface area contributed by atoms with Gasteiger partial charge in [0.1, 0.15) is 5.82 Å². The third-order valence-electron chi connectivity index (χ3n) is 5.66. The number of anilines is 1. The second-order valence-electron chi connectivity index (χ2n) is 8.63. The van der Waals surface area contributed by atoms with Gasteiger partial charge in [-0.3, -0.25) is 14.3 Å². The van der Waals surface area contributed by atoms with Gasteiger partial charge in [-0.1, -0.05) is 19.9 Å². The maximum absolute atomic E-state index is 14.3. The van der Waals surface area contributed by atoms with E-state index < -0.39 is 23.7 Å². The Morgan fingerprint density at radius 2 is 2.06 bits per heavy atom. The second-order valence-corrected chi connectivity index (χ2v) is 8.63. The minimum atomic E-state index is -0.873. The number of nitriles is 1. The summed E-state index contributed by atoms with van der Waals surface area (Å²) in [6.45, 7) is 4.41. The van der Waals surface area contributed by atoms with Gasteiger partial charge in [-0.05, 0) is 47.9 Å². The van der Waals surface area contributed by atoms with Crippen LogP contribution in [0.15, 0.2) is 54.9 Å². The van der Waals surface area contributed by atoms with Crippen LogP contribution in [0.1, 0.15) is 52.9 Å². The van der Waals surface area contributed by atoms with Gasteiger partial charge >= 0.3 is 0 Å². The number of halogens is 1. The highest BCUT2D eigenvalue weighted by Crippen LogP contribution is 2.43. The molecule has 0 bridgehead atoms. The molecule has 8 heteroatoms. The summed E-state index contributed by atoms with van der Waals surface area (Å²) in [5, 5.41) is 16.3. The maximum Gasteiger partial charge on any atom is 0.254 e. The summed E-state index contributed by atoms with van der Waals surface area (Å²) in [7, 11) is 1.76. The summed E-state index contributed by atoms with van der Waals surface area (Å²) in [6.07, 6.45) is 3.40. The Morgan fingerprint density at radius 3 is 2.73 bits per heavy atom. The molecular weight excluding hydrogens is 421 g/mol. The molecule has 0 spiro atoms. The number of fused-ring (bicyclic) bond motifs is 1. The van der Waals surface area contributed by atoms with Crippen LogP contribution in [0.25, 0.3) is 0 Å². The van der Waals surface area contributed by atoms with Gasteiger partial charge in [0, 0.05) is 36.6 Å². The van der Waals surface area contributed by atoms with Gasteiger partial charge in [0.25, 0.3) is 5.91 Å². The van der Waals surface area contributed by atoms with E-state index in [1.807, 2.05) is 13.8 Å². The van der Waals surface area contributed by atoms with Crippen molar-refractivity contribution >= 4 is 17.5 Å². The Balaban J connectivity index is 1.86. The number of hydrogen-bond donors (Lipinski definition) is 1. The van der Waals surface area contributed by atoms with Crippen LogP contribution in [-0.2, 0) is 11.8 Å². The molecule has 1 aliphatic rings. The molecule has 1 aliphatic heterocycles. The standard InChI is InChI=1S/C25H24FN5O2/c1-15(2)13-31-23(17-12-28-30(3)14-17)22(21-10-18(26)7-8-20(21)25(31)33)24(32)29-19-6-4-5-16(9-19)11-27/h4-10,12,14-15,22-23H,13H2,1-3H3,(H,29,32). The Hall–Kier alpha value is -3.99. The summed E-state index contributed by atoms with van der Waals surface area (Å²) in [4.78, 5) is 28.8. The number of nitrogens with zero attached hydrogens (tertiary/aromatic N) is 4. The third-order valence-corrected chi connectivity index (χ3v) is 5.66. The molecule has 0 fully saturated rings. The van der Waals surface area contributed by atoms with E-state index in [9.17, 15) is 19.2 Å². The Bertz CT molecular complexity index is 1260. The summed E-state index contributed by atoms with van der Waals surface area (Å²) >= 11 is 0. The molecular formula is C25H24FN5O2. The fraction of sp³-hybridized carbons (Fsp3) is 0.280. The van der Waals surface area contributed by atoms with Gasteiger partial charge in [-0.25, -0.2) is 4.39 Å². The van der Waals surface area contributed by atoms with Crippen molar-refractivity contribution in [3.8, 4) is 6.07 Å². The average molecular weight is 445 g/mol. The van der Waals surface area contributed by atoms with E-state index in [-0.39, 0.29) is 11.8 Å². The normalized spacial score (nSPS) is 17.6. The molecule has 2 unspecified atom stereocenters. The van der Waals surface area contributed by atoms with Gasteiger partial charge in [0.15, 0.2) is 0 Å². The highest BCUT2D eigenvalue weighted by molar-refractivity contribution is 6.04. The molecule has 1 N–H and O–H groups in total. The van der Waals surface area contributed by atoms with E-state index >= 15 is 0 Å².